The van der Waals surface area contributed by atoms with Gasteiger partial charge in [-0.25, -0.2) is 0 Å². The molecule has 1 unspecified atom stereocenters. The highest BCUT2D eigenvalue weighted by atomic mass is 16.7. The Bertz CT molecular complexity index is 689. The molecule has 1 aliphatic rings. The van der Waals surface area contributed by atoms with Crippen molar-refractivity contribution >= 4 is 17.8 Å². The van der Waals surface area contributed by atoms with Gasteiger partial charge in [0.1, 0.15) is 6.04 Å². The van der Waals surface area contributed by atoms with Gasteiger partial charge in [0.2, 0.25) is 12.2 Å². The predicted octanol–water partition coefficient (Wildman–Crippen LogP) is 1.93. The molecule has 148 valence electrons. The van der Waals surface area contributed by atoms with Crippen LogP contribution < -0.4 is 10.6 Å². The lowest BCUT2D eigenvalue weighted by molar-refractivity contribution is -0.170. The van der Waals surface area contributed by atoms with Crippen molar-refractivity contribution in [3.8, 4) is 0 Å². The highest BCUT2D eigenvalue weighted by Gasteiger charge is 2.34. The Morgan fingerprint density at radius 3 is 2.59 bits per heavy atom. The molecule has 1 aromatic rings. The zero-order valence-corrected chi connectivity index (χ0v) is 16.3. The number of benzene rings is 1. The van der Waals surface area contributed by atoms with Crippen molar-refractivity contribution in [3.05, 3.63) is 35.4 Å². The number of hydrogen-bond acceptors (Lipinski definition) is 5. The summed E-state index contributed by atoms with van der Waals surface area (Å²) in [7, 11) is 0. The zero-order valence-electron chi connectivity index (χ0n) is 16.3. The predicted molar refractivity (Wildman–Crippen MR) is 99.9 cm³/mol. The van der Waals surface area contributed by atoms with Crippen molar-refractivity contribution in [1.82, 2.24) is 10.6 Å². The minimum atomic E-state index is -0.793. The Kier molecular flexibility index (Phi) is 7.36. The van der Waals surface area contributed by atoms with Gasteiger partial charge in [-0.05, 0) is 37.3 Å². The quantitative estimate of drug-likeness (QED) is 0.709. The van der Waals surface area contributed by atoms with Crippen LogP contribution in [0.3, 0.4) is 0 Å². The van der Waals surface area contributed by atoms with Crippen LogP contribution in [0.4, 0.5) is 0 Å². The molecule has 7 heteroatoms. The molecule has 1 aromatic carbocycles. The Morgan fingerprint density at radius 1 is 1.26 bits per heavy atom. The first-order valence-corrected chi connectivity index (χ1v) is 9.23. The maximum Gasteiger partial charge on any atom is 0.305 e. The van der Waals surface area contributed by atoms with Crippen LogP contribution in [0.15, 0.2) is 24.3 Å². The molecule has 1 fully saturated rings. The molecule has 3 atom stereocenters. The van der Waals surface area contributed by atoms with E-state index in [2.05, 4.69) is 10.6 Å². The molecule has 0 aromatic heterocycles. The molecule has 1 aliphatic heterocycles. The Hall–Kier alpha value is -2.41. The number of nitrogens with one attached hydrogen (secondary N) is 2. The first-order valence-electron chi connectivity index (χ1n) is 9.23. The molecular weight excluding hydrogens is 348 g/mol. The molecule has 0 bridgehead atoms. The second-order valence-corrected chi connectivity index (χ2v) is 7.22. The monoisotopic (exact) mass is 376 g/mol. The molecular formula is C20H28N2O5. The minimum absolute atomic E-state index is 0.210. The topological polar surface area (TPSA) is 93.7 Å². The Labute approximate surface area is 159 Å². The van der Waals surface area contributed by atoms with E-state index in [1.54, 1.807) is 12.1 Å². The molecule has 1 saturated heterocycles. The minimum Gasteiger partial charge on any atom is -0.434 e. The summed E-state index contributed by atoms with van der Waals surface area (Å²) in [5.41, 5.74) is 1.39. The molecule has 2 N–H and O–H groups in total. The van der Waals surface area contributed by atoms with Gasteiger partial charge in [0.25, 0.3) is 5.91 Å². The van der Waals surface area contributed by atoms with Gasteiger partial charge in [-0.3, -0.25) is 14.4 Å². The smallest absolute Gasteiger partial charge is 0.305 e. The maximum atomic E-state index is 12.8. The molecule has 0 aliphatic carbocycles. The second kappa shape index (κ2) is 9.50. The van der Waals surface area contributed by atoms with Gasteiger partial charge in [0.05, 0.1) is 12.6 Å². The van der Waals surface area contributed by atoms with E-state index in [0.717, 1.165) is 5.56 Å². The van der Waals surface area contributed by atoms with E-state index in [9.17, 15) is 14.4 Å². The van der Waals surface area contributed by atoms with Gasteiger partial charge >= 0.3 is 5.97 Å². The van der Waals surface area contributed by atoms with E-state index in [1.807, 2.05) is 32.9 Å². The van der Waals surface area contributed by atoms with E-state index in [-0.39, 0.29) is 17.7 Å². The molecule has 2 amide bonds. The van der Waals surface area contributed by atoms with Crippen LogP contribution in [0.25, 0.3) is 0 Å². The highest BCUT2D eigenvalue weighted by molar-refractivity contribution is 5.98. The third-order valence-corrected chi connectivity index (χ3v) is 4.37. The fourth-order valence-electron chi connectivity index (χ4n) is 3.03. The Morgan fingerprint density at radius 2 is 1.96 bits per heavy atom. The van der Waals surface area contributed by atoms with Gasteiger partial charge in [0.15, 0.2) is 0 Å². The normalized spacial score (nSPS) is 20.2. The number of carbonyl (C=O) groups excluding carboxylic acids is 3. The standard InChI is InChI=1S/C20H28N2O5/c1-12(2)11-17(22-18(24)15-8-6-5-7-13(15)3)19(25)21-16-9-10-26-20(16)27-14(4)23/h5-8,12,16-17,20H,9-11H2,1-4H3,(H,21,25)(H,22,24)/t16-,17?,20-/m0/s1. The zero-order chi connectivity index (χ0) is 20.0. The van der Waals surface area contributed by atoms with Crippen molar-refractivity contribution in [2.45, 2.75) is 58.9 Å². The molecule has 0 radical (unpaired) electrons. The molecule has 0 spiro atoms. The fourth-order valence-corrected chi connectivity index (χ4v) is 3.03. The summed E-state index contributed by atoms with van der Waals surface area (Å²) >= 11 is 0. The fraction of sp³-hybridized carbons (Fsp3) is 0.550. The average Bonchev–Trinajstić information content (AvgIpc) is 3.00. The molecule has 27 heavy (non-hydrogen) atoms. The second-order valence-electron chi connectivity index (χ2n) is 7.22. The lowest BCUT2D eigenvalue weighted by Gasteiger charge is -2.24. The summed E-state index contributed by atoms with van der Waals surface area (Å²) in [5.74, 6) is -0.846. The van der Waals surface area contributed by atoms with Gasteiger partial charge < -0.3 is 20.1 Å². The lowest BCUT2D eigenvalue weighted by atomic mass is 10.0. The SMILES string of the molecule is CC(=O)O[C@@H]1OCC[C@@H]1NC(=O)C(CC(C)C)NC(=O)c1ccccc1C. The molecule has 7 nitrogen and oxygen atoms in total. The summed E-state index contributed by atoms with van der Waals surface area (Å²) in [4.78, 5) is 36.6. The summed E-state index contributed by atoms with van der Waals surface area (Å²) in [6.07, 6.45) is 0.247. The van der Waals surface area contributed by atoms with Crippen molar-refractivity contribution in [1.29, 1.82) is 0 Å². The summed E-state index contributed by atoms with van der Waals surface area (Å²) < 4.78 is 10.4. The van der Waals surface area contributed by atoms with Crippen molar-refractivity contribution in [2.24, 2.45) is 5.92 Å². The number of aryl methyl sites for hydroxylation is 1. The average molecular weight is 376 g/mol. The third-order valence-electron chi connectivity index (χ3n) is 4.37. The largest absolute Gasteiger partial charge is 0.434 e. The number of ether oxygens (including phenoxy) is 2. The first-order chi connectivity index (χ1) is 12.8. The van der Waals surface area contributed by atoms with Crippen LogP contribution in [0.2, 0.25) is 0 Å². The van der Waals surface area contributed by atoms with Crippen LogP contribution in [-0.4, -0.2) is 42.8 Å². The van der Waals surface area contributed by atoms with Gasteiger partial charge in [0, 0.05) is 12.5 Å². The summed E-state index contributed by atoms with van der Waals surface area (Å²) in [5, 5.41) is 5.69. The molecule has 0 saturated carbocycles. The number of hydrogen-bond donors (Lipinski definition) is 2. The number of amides is 2. The van der Waals surface area contributed by atoms with Crippen LogP contribution in [0.5, 0.6) is 0 Å². The van der Waals surface area contributed by atoms with Crippen LogP contribution in [-0.2, 0) is 19.1 Å². The maximum absolute atomic E-state index is 12.8. The van der Waals surface area contributed by atoms with Crippen LogP contribution in [0.1, 0.15) is 49.5 Å². The van der Waals surface area contributed by atoms with E-state index in [4.69, 9.17) is 9.47 Å². The summed E-state index contributed by atoms with van der Waals surface area (Å²) in [6, 6.07) is 6.13. The van der Waals surface area contributed by atoms with E-state index >= 15 is 0 Å². The van der Waals surface area contributed by atoms with Crippen LogP contribution >= 0.6 is 0 Å². The lowest BCUT2D eigenvalue weighted by Crippen LogP contribution is -2.52. The van der Waals surface area contributed by atoms with Gasteiger partial charge in [-0.15, -0.1) is 0 Å². The third kappa shape index (κ3) is 6.06. The molecule has 2 rings (SSSR count). The van der Waals surface area contributed by atoms with Gasteiger partial charge in [-0.2, -0.15) is 0 Å². The van der Waals surface area contributed by atoms with E-state index < -0.39 is 24.3 Å². The van der Waals surface area contributed by atoms with Crippen molar-refractivity contribution in [3.63, 3.8) is 0 Å². The van der Waals surface area contributed by atoms with Gasteiger partial charge in [-0.1, -0.05) is 32.0 Å². The number of esters is 1. The molecule has 1 heterocycles. The van der Waals surface area contributed by atoms with Crippen molar-refractivity contribution < 1.29 is 23.9 Å². The Balaban J connectivity index is 2.06. The summed E-state index contributed by atoms with van der Waals surface area (Å²) in [6.45, 7) is 7.52. The highest BCUT2D eigenvalue weighted by Crippen LogP contribution is 2.16. The van der Waals surface area contributed by atoms with E-state index in [0.29, 0.717) is 25.0 Å². The van der Waals surface area contributed by atoms with Crippen LogP contribution in [0, 0.1) is 12.8 Å². The van der Waals surface area contributed by atoms with Crippen molar-refractivity contribution in [2.75, 3.05) is 6.61 Å². The van der Waals surface area contributed by atoms with E-state index in [1.165, 1.54) is 6.92 Å². The number of rotatable bonds is 7. The first kappa shape index (κ1) is 20.9. The number of carbonyl (C=O) groups is 3.